The summed E-state index contributed by atoms with van der Waals surface area (Å²) >= 11 is 3.50. The van der Waals surface area contributed by atoms with E-state index in [1.54, 1.807) is 33.3 Å². The Bertz CT molecular complexity index is 1240. The molecular formula is C26H27BrN4O3. The molecule has 1 aromatic heterocycles. The molecule has 2 aromatic carbocycles. The molecule has 1 aliphatic carbocycles. The molecule has 4 rings (SSSR count). The van der Waals surface area contributed by atoms with Gasteiger partial charge in [0.05, 0.1) is 18.2 Å². The number of benzene rings is 2. The highest BCUT2D eigenvalue weighted by molar-refractivity contribution is 9.10. The fourth-order valence-corrected chi connectivity index (χ4v) is 4.30. The molecule has 0 aliphatic heterocycles. The van der Waals surface area contributed by atoms with Crippen molar-refractivity contribution in [3.05, 3.63) is 76.7 Å². The third-order valence-electron chi connectivity index (χ3n) is 5.47. The molecule has 0 spiro atoms. The maximum absolute atomic E-state index is 13.4. The Morgan fingerprint density at radius 2 is 1.88 bits per heavy atom. The maximum atomic E-state index is 13.4. The zero-order valence-corrected chi connectivity index (χ0v) is 21.1. The van der Waals surface area contributed by atoms with Gasteiger partial charge in [-0.1, -0.05) is 46.3 Å². The highest BCUT2D eigenvalue weighted by Crippen LogP contribution is 2.35. The van der Waals surface area contributed by atoms with Crippen LogP contribution in [0, 0.1) is 0 Å². The standard InChI is InChI=1S/C26H27BrN4O3/c1-26(2,3)34-25(33)30-23(20-12-8-16-5-9-18(27)13-21(16)20)24(32)29-19-10-6-17(7-11-19)22-14-28-15-31(22)4/h5-15,20,23H,1-4H3,(H,29,32)(H,30,33)/t20-,23-/m0/s1. The van der Waals surface area contributed by atoms with Crippen molar-refractivity contribution in [1.82, 2.24) is 14.9 Å². The van der Waals surface area contributed by atoms with Gasteiger partial charge < -0.3 is 19.9 Å². The van der Waals surface area contributed by atoms with Gasteiger partial charge in [0.15, 0.2) is 0 Å². The molecule has 2 N–H and O–H groups in total. The maximum Gasteiger partial charge on any atom is 0.408 e. The molecule has 176 valence electrons. The average molecular weight is 523 g/mol. The number of amides is 2. The number of halogens is 1. The highest BCUT2D eigenvalue weighted by atomic mass is 79.9. The van der Waals surface area contributed by atoms with Gasteiger partial charge in [-0.3, -0.25) is 4.79 Å². The predicted molar refractivity (Wildman–Crippen MR) is 136 cm³/mol. The first kappa shape index (κ1) is 23.8. The lowest BCUT2D eigenvalue weighted by Gasteiger charge is -2.26. The van der Waals surface area contributed by atoms with Crippen LogP contribution in [0.25, 0.3) is 17.3 Å². The summed E-state index contributed by atoms with van der Waals surface area (Å²) in [5.74, 6) is -0.671. The van der Waals surface area contributed by atoms with E-state index in [1.807, 2.05) is 66.2 Å². The first-order valence-electron chi connectivity index (χ1n) is 11.0. The summed E-state index contributed by atoms with van der Waals surface area (Å²) in [5, 5.41) is 5.73. The van der Waals surface area contributed by atoms with E-state index in [0.717, 1.165) is 26.9 Å². The fourth-order valence-electron chi connectivity index (χ4n) is 3.92. The van der Waals surface area contributed by atoms with Crippen LogP contribution in [0.4, 0.5) is 10.5 Å². The number of ether oxygens (including phenoxy) is 1. The van der Waals surface area contributed by atoms with Gasteiger partial charge in [-0.2, -0.15) is 0 Å². The summed E-state index contributed by atoms with van der Waals surface area (Å²) in [7, 11) is 1.93. The second-order valence-electron chi connectivity index (χ2n) is 9.24. The summed E-state index contributed by atoms with van der Waals surface area (Å²) in [6, 6.07) is 12.6. The number of hydrogen-bond donors (Lipinski definition) is 2. The molecule has 0 saturated carbocycles. The zero-order valence-electron chi connectivity index (χ0n) is 19.5. The smallest absolute Gasteiger partial charge is 0.408 e. The molecule has 2 atom stereocenters. The second kappa shape index (κ2) is 9.46. The Labute approximate surface area is 207 Å². The SMILES string of the molecule is Cn1cncc1-c1ccc(NC(=O)[C@@H](NC(=O)OC(C)(C)C)[C@H]2C=Cc3ccc(Br)cc32)cc1. The predicted octanol–water partition coefficient (Wildman–Crippen LogP) is 5.49. The van der Waals surface area contributed by atoms with Crippen molar-refractivity contribution < 1.29 is 14.3 Å². The molecular weight excluding hydrogens is 496 g/mol. The number of fused-ring (bicyclic) bond motifs is 1. The normalized spacial score (nSPS) is 15.5. The Balaban J connectivity index is 1.57. The summed E-state index contributed by atoms with van der Waals surface area (Å²) < 4.78 is 8.27. The first-order chi connectivity index (χ1) is 16.1. The topological polar surface area (TPSA) is 85.3 Å². The third-order valence-corrected chi connectivity index (χ3v) is 5.96. The lowest BCUT2D eigenvalue weighted by molar-refractivity contribution is -0.118. The largest absolute Gasteiger partial charge is 0.444 e. The summed E-state index contributed by atoms with van der Waals surface area (Å²) in [6.07, 6.45) is 6.78. The minimum atomic E-state index is -0.863. The van der Waals surface area contributed by atoms with Gasteiger partial charge in [0.2, 0.25) is 5.91 Å². The van der Waals surface area contributed by atoms with Gasteiger partial charge >= 0.3 is 6.09 Å². The van der Waals surface area contributed by atoms with Crippen molar-refractivity contribution in [1.29, 1.82) is 0 Å². The minimum absolute atomic E-state index is 0.332. The van der Waals surface area contributed by atoms with Crippen LogP contribution in [0.3, 0.4) is 0 Å². The minimum Gasteiger partial charge on any atom is -0.444 e. The Hall–Kier alpha value is -3.39. The van der Waals surface area contributed by atoms with Gasteiger partial charge in [0.25, 0.3) is 0 Å². The molecule has 0 unspecified atom stereocenters. The summed E-state index contributed by atoms with van der Waals surface area (Å²) in [4.78, 5) is 30.2. The number of carbonyl (C=O) groups excluding carboxylic acids is 2. The first-order valence-corrected chi connectivity index (χ1v) is 11.7. The summed E-state index contributed by atoms with van der Waals surface area (Å²) in [5.41, 5.74) is 3.87. The fraction of sp³-hybridized carbons (Fsp3) is 0.269. The van der Waals surface area contributed by atoms with E-state index in [9.17, 15) is 9.59 Å². The van der Waals surface area contributed by atoms with Crippen molar-refractivity contribution in [3.8, 4) is 11.3 Å². The lowest BCUT2D eigenvalue weighted by Crippen LogP contribution is -2.48. The van der Waals surface area contributed by atoms with Gasteiger partial charge in [-0.15, -0.1) is 0 Å². The van der Waals surface area contributed by atoms with E-state index in [4.69, 9.17) is 4.74 Å². The average Bonchev–Trinajstić information content (AvgIpc) is 3.37. The van der Waals surface area contributed by atoms with Crippen molar-refractivity contribution >= 4 is 39.7 Å². The number of rotatable bonds is 5. The molecule has 8 heteroatoms. The number of nitrogens with one attached hydrogen (secondary N) is 2. The molecule has 0 saturated heterocycles. The van der Waals surface area contributed by atoms with Crippen molar-refractivity contribution in [2.75, 3.05) is 5.32 Å². The number of nitrogens with zero attached hydrogens (tertiary/aromatic N) is 2. The Morgan fingerprint density at radius 1 is 1.15 bits per heavy atom. The Kier molecular flexibility index (Phi) is 6.61. The number of imidazole rings is 1. The zero-order chi connectivity index (χ0) is 24.5. The molecule has 0 fully saturated rings. The molecule has 2 amide bonds. The number of anilines is 1. The van der Waals surface area contributed by atoms with Crippen LogP contribution in [-0.4, -0.2) is 33.2 Å². The van der Waals surface area contributed by atoms with Crippen LogP contribution in [-0.2, 0) is 16.6 Å². The van der Waals surface area contributed by atoms with Gasteiger partial charge in [-0.05, 0) is 61.7 Å². The Morgan fingerprint density at radius 3 is 2.53 bits per heavy atom. The molecule has 1 heterocycles. The number of carbonyl (C=O) groups is 2. The van der Waals surface area contributed by atoms with Gasteiger partial charge in [-0.25, -0.2) is 9.78 Å². The lowest BCUT2D eigenvalue weighted by atomic mass is 9.92. The van der Waals surface area contributed by atoms with Crippen molar-refractivity contribution in [3.63, 3.8) is 0 Å². The highest BCUT2D eigenvalue weighted by Gasteiger charge is 2.34. The van der Waals surface area contributed by atoms with E-state index in [0.29, 0.717) is 5.69 Å². The van der Waals surface area contributed by atoms with Gasteiger partial charge in [0, 0.05) is 23.1 Å². The van der Waals surface area contributed by atoms with E-state index >= 15 is 0 Å². The molecule has 7 nitrogen and oxygen atoms in total. The van der Waals surface area contributed by atoms with E-state index in [2.05, 4.69) is 31.5 Å². The van der Waals surface area contributed by atoms with Crippen LogP contribution in [0.15, 0.2) is 65.5 Å². The van der Waals surface area contributed by atoms with Crippen LogP contribution in [0.5, 0.6) is 0 Å². The third kappa shape index (κ3) is 5.39. The van der Waals surface area contributed by atoms with Crippen LogP contribution in [0.1, 0.15) is 37.8 Å². The van der Waals surface area contributed by atoms with Crippen LogP contribution >= 0.6 is 15.9 Å². The number of hydrogen-bond acceptors (Lipinski definition) is 4. The van der Waals surface area contributed by atoms with Crippen LogP contribution in [0.2, 0.25) is 0 Å². The van der Waals surface area contributed by atoms with Crippen molar-refractivity contribution in [2.24, 2.45) is 7.05 Å². The second-order valence-corrected chi connectivity index (χ2v) is 10.2. The van der Waals surface area contributed by atoms with Gasteiger partial charge in [0.1, 0.15) is 11.6 Å². The summed E-state index contributed by atoms with van der Waals surface area (Å²) in [6.45, 7) is 5.36. The van der Waals surface area contributed by atoms with E-state index in [1.165, 1.54) is 0 Å². The molecule has 1 aliphatic rings. The van der Waals surface area contributed by atoms with Crippen molar-refractivity contribution in [2.45, 2.75) is 38.3 Å². The van der Waals surface area contributed by atoms with E-state index in [-0.39, 0.29) is 11.8 Å². The number of alkyl carbamates (subject to hydrolysis) is 1. The van der Waals surface area contributed by atoms with E-state index < -0.39 is 17.7 Å². The molecule has 3 aromatic rings. The molecule has 0 radical (unpaired) electrons. The van der Waals surface area contributed by atoms with Crippen LogP contribution < -0.4 is 10.6 Å². The monoisotopic (exact) mass is 522 g/mol. The molecule has 34 heavy (non-hydrogen) atoms. The molecule has 0 bridgehead atoms. The number of aromatic nitrogens is 2. The number of aryl methyl sites for hydroxylation is 1. The quantitative estimate of drug-likeness (QED) is 0.463.